The van der Waals surface area contributed by atoms with E-state index in [0.717, 1.165) is 58.2 Å². The number of carbonyl (C=O) groups is 1. The summed E-state index contributed by atoms with van der Waals surface area (Å²) >= 11 is 0. The van der Waals surface area contributed by atoms with Gasteiger partial charge in [-0.3, -0.25) is 14.6 Å². The van der Waals surface area contributed by atoms with Crippen LogP contribution in [0.25, 0.3) is 0 Å². The molecular formula is C20H35FN2O4. The number of carbonyl (C=O) groups excluding carboxylic acids is 1. The first-order valence-corrected chi connectivity index (χ1v) is 10.7. The normalized spacial score (nSPS) is 31.3. The lowest BCUT2D eigenvalue weighted by atomic mass is 9.87. The largest absolute Gasteiger partial charge is 0.466 e. The maximum absolute atomic E-state index is 12.5. The van der Waals surface area contributed by atoms with Gasteiger partial charge in [-0.25, -0.2) is 4.39 Å². The van der Waals surface area contributed by atoms with Gasteiger partial charge in [-0.2, -0.15) is 0 Å². The molecule has 2 atom stereocenters. The molecule has 0 spiro atoms. The molecule has 2 saturated heterocycles. The predicted molar refractivity (Wildman–Crippen MR) is 99.7 cm³/mol. The smallest absolute Gasteiger partial charge is 0.308 e. The van der Waals surface area contributed by atoms with E-state index in [-0.39, 0.29) is 30.4 Å². The van der Waals surface area contributed by atoms with Crippen molar-refractivity contribution in [1.29, 1.82) is 0 Å². The van der Waals surface area contributed by atoms with Crippen molar-refractivity contribution in [1.82, 2.24) is 9.80 Å². The Labute approximate surface area is 162 Å². The third kappa shape index (κ3) is 5.62. The molecule has 3 fully saturated rings. The highest BCUT2D eigenvalue weighted by atomic mass is 19.1. The molecule has 1 aliphatic carbocycles. The Bertz CT molecular complexity index is 453. The maximum atomic E-state index is 12.5. The van der Waals surface area contributed by atoms with Gasteiger partial charge >= 0.3 is 5.97 Å². The van der Waals surface area contributed by atoms with Crippen LogP contribution in [-0.4, -0.2) is 74.0 Å². The molecule has 0 bridgehead atoms. The summed E-state index contributed by atoms with van der Waals surface area (Å²) in [5, 5.41) is 0. The molecule has 0 aromatic carbocycles. The van der Waals surface area contributed by atoms with Crippen molar-refractivity contribution in [2.24, 2.45) is 5.92 Å². The van der Waals surface area contributed by atoms with Crippen LogP contribution >= 0.6 is 0 Å². The quantitative estimate of drug-likeness (QED) is 0.568. The summed E-state index contributed by atoms with van der Waals surface area (Å²) in [6, 6.07) is 0.224. The zero-order chi connectivity index (χ0) is 19.1. The van der Waals surface area contributed by atoms with Crippen molar-refractivity contribution in [2.75, 3.05) is 39.7 Å². The van der Waals surface area contributed by atoms with Crippen LogP contribution in [0.15, 0.2) is 0 Å². The fraction of sp³-hybridized carbons (Fsp3) is 0.950. The SMILES string of the molecule is CCOC(=O)C1CCC(OC(N2CCCC2)N2CCCC2COCF)CC1. The monoisotopic (exact) mass is 386 g/mol. The van der Waals surface area contributed by atoms with Gasteiger partial charge in [-0.15, -0.1) is 0 Å². The van der Waals surface area contributed by atoms with Gasteiger partial charge in [0.05, 0.1) is 25.2 Å². The molecule has 0 N–H and O–H groups in total. The van der Waals surface area contributed by atoms with Crippen LogP contribution < -0.4 is 0 Å². The van der Waals surface area contributed by atoms with E-state index in [1.165, 1.54) is 12.8 Å². The number of alkyl halides is 1. The summed E-state index contributed by atoms with van der Waals surface area (Å²) in [5.41, 5.74) is 0. The lowest BCUT2D eigenvalue weighted by molar-refractivity contribution is -0.192. The van der Waals surface area contributed by atoms with E-state index >= 15 is 0 Å². The molecule has 0 aromatic heterocycles. The van der Waals surface area contributed by atoms with Crippen molar-refractivity contribution < 1.29 is 23.4 Å². The minimum absolute atomic E-state index is 0.0209. The van der Waals surface area contributed by atoms with Gasteiger partial charge in [-0.1, -0.05) is 0 Å². The summed E-state index contributed by atoms with van der Waals surface area (Å²) in [6.07, 6.45) is 8.13. The molecule has 6 nitrogen and oxygen atoms in total. The Morgan fingerprint density at radius 1 is 1.07 bits per heavy atom. The Morgan fingerprint density at radius 2 is 1.81 bits per heavy atom. The van der Waals surface area contributed by atoms with Gasteiger partial charge in [0.25, 0.3) is 0 Å². The van der Waals surface area contributed by atoms with Gasteiger partial charge in [0, 0.05) is 25.7 Å². The third-order valence-corrected chi connectivity index (χ3v) is 6.16. The Hall–Kier alpha value is -0.760. The van der Waals surface area contributed by atoms with Gasteiger partial charge in [-0.05, 0) is 58.3 Å². The molecule has 156 valence electrons. The third-order valence-electron chi connectivity index (χ3n) is 6.16. The Balaban J connectivity index is 1.57. The number of esters is 1. The van der Waals surface area contributed by atoms with Gasteiger partial charge in [0.2, 0.25) is 0 Å². The van der Waals surface area contributed by atoms with E-state index in [1.54, 1.807) is 0 Å². The molecular weight excluding hydrogens is 351 g/mol. The van der Waals surface area contributed by atoms with Crippen molar-refractivity contribution >= 4 is 5.97 Å². The van der Waals surface area contributed by atoms with Crippen molar-refractivity contribution in [2.45, 2.75) is 76.8 Å². The average molecular weight is 387 g/mol. The zero-order valence-corrected chi connectivity index (χ0v) is 16.6. The second kappa shape index (κ2) is 10.7. The van der Waals surface area contributed by atoms with Crippen molar-refractivity contribution in [3.05, 3.63) is 0 Å². The molecule has 1 saturated carbocycles. The topological polar surface area (TPSA) is 51.2 Å². The highest BCUT2D eigenvalue weighted by Gasteiger charge is 2.38. The summed E-state index contributed by atoms with van der Waals surface area (Å²) in [4.78, 5) is 16.8. The number of halogens is 1. The predicted octanol–water partition coefficient (Wildman–Crippen LogP) is 2.91. The van der Waals surface area contributed by atoms with Gasteiger partial charge in [0.15, 0.2) is 13.2 Å². The molecule has 2 heterocycles. The van der Waals surface area contributed by atoms with Crippen LogP contribution in [0, 0.1) is 5.92 Å². The van der Waals surface area contributed by atoms with E-state index < -0.39 is 6.86 Å². The van der Waals surface area contributed by atoms with Gasteiger partial charge in [0.1, 0.15) is 0 Å². The summed E-state index contributed by atoms with van der Waals surface area (Å²) in [6.45, 7) is 5.08. The lowest BCUT2D eigenvalue weighted by Gasteiger charge is -2.41. The number of ether oxygens (including phenoxy) is 3. The summed E-state index contributed by atoms with van der Waals surface area (Å²) in [7, 11) is 0. The van der Waals surface area contributed by atoms with Crippen LogP contribution in [0.1, 0.15) is 58.3 Å². The average Bonchev–Trinajstić information content (AvgIpc) is 3.37. The first-order valence-electron chi connectivity index (χ1n) is 10.7. The van der Waals surface area contributed by atoms with E-state index in [9.17, 15) is 9.18 Å². The minimum Gasteiger partial charge on any atom is -0.466 e. The Morgan fingerprint density at radius 3 is 2.48 bits per heavy atom. The van der Waals surface area contributed by atoms with Crippen LogP contribution in [-0.2, 0) is 19.0 Å². The highest BCUT2D eigenvalue weighted by molar-refractivity contribution is 5.72. The number of likely N-dealkylation sites (tertiary alicyclic amines) is 2. The second-order valence-corrected chi connectivity index (χ2v) is 7.94. The molecule has 3 aliphatic rings. The van der Waals surface area contributed by atoms with E-state index in [2.05, 4.69) is 9.80 Å². The van der Waals surface area contributed by atoms with E-state index in [1.807, 2.05) is 6.92 Å². The molecule has 0 aromatic rings. The molecule has 2 unspecified atom stereocenters. The van der Waals surface area contributed by atoms with Crippen molar-refractivity contribution in [3.63, 3.8) is 0 Å². The first kappa shape index (κ1) is 21.0. The summed E-state index contributed by atoms with van der Waals surface area (Å²) < 4.78 is 29.3. The van der Waals surface area contributed by atoms with Crippen LogP contribution in [0.5, 0.6) is 0 Å². The van der Waals surface area contributed by atoms with Crippen LogP contribution in [0.4, 0.5) is 4.39 Å². The highest BCUT2D eigenvalue weighted by Crippen LogP contribution is 2.32. The first-order chi connectivity index (χ1) is 13.2. The Kier molecular flexibility index (Phi) is 8.30. The minimum atomic E-state index is -0.725. The standard InChI is InChI=1S/C20H35FN2O4/c1-2-26-19(24)16-7-9-18(10-8-16)27-20(22-11-3-4-12-22)23-13-5-6-17(23)14-25-15-21/h16-18,20H,2-15H2,1H3. The summed E-state index contributed by atoms with van der Waals surface area (Å²) in [5.74, 6) is -0.0393. The number of hydrogen-bond acceptors (Lipinski definition) is 6. The van der Waals surface area contributed by atoms with Gasteiger partial charge < -0.3 is 14.2 Å². The van der Waals surface area contributed by atoms with E-state index in [4.69, 9.17) is 14.2 Å². The molecule has 0 amide bonds. The van der Waals surface area contributed by atoms with Crippen LogP contribution in [0.3, 0.4) is 0 Å². The zero-order valence-electron chi connectivity index (χ0n) is 16.6. The number of hydrogen-bond donors (Lipinski definition) is 0. The maximum Gasteiger partial charge on any atom is 0.308 e. The molecule has 3 rings (SSSR count). The lowest BCUT2D eigenvalue weighted by Crippen LogP contribution is -2.53. The number of rotatable bonds is 9. The molecule has 7 heteroatoms. The molecule has 0 radical (unpaired) electrons. The van der Waals surface area contributed by atoms with Crippen LogP contribution in [0.2, 0.25) is 0 Å². The molecule has 27 heavy (non-hydrogen) atoms. The van der Waals surface area contributed by atoms with Crippen molar-refractivity contribution in [3.8, 4) is 0 Å². The fourth-order valence-corrected chi connectivity index (χ4v) is 4.71. The number of nitrogens with zero attached hydrogens (tertiary/aromatic N) is 2. The molecule has 2 aliphatic heterocycles. The second-order valence-electron chi connectivity index (χ2n) is 7.94. The van der Waals surface area contributed by atoms with E-state index in [0.29, 0.717) is 13.2 Å². The fourth-order valence-electron chi connectivity index (χ4n) is 4.71.